The highest BCUT2D eigenvalue weighted by molar-refractivity contribution is 5.30. The molecule has 2 atom stereocenters. The van der Waals surface area contributed by atoms with Gasteiger partial charge in [0.2, 0.25) is 11.9 Å². The molecule has 6 heteroatoms. The minimum Gasteiger partial charge on any atom is -0.391 e. The van der Waals surface area contributed by atoms with Gasteiger partial charge < -0.3 is 16.2 Å². The van der Waals surface area contributed by atoms with Crippen molar-refractivity contribution in [3.63, 3.8) is 0 Å². The quantitative estimate of drug-likeness (QED) is 0.494. The summed E-state index contributed by atoms with van der Waals surface area (Å²) in [6, 6.07) is -0.0970. The van der Waals surface area contributed by atoms with Crippen molar-refractivity contribution in [3.8, 4) is 0 Å². The molecule has 0 aliphatic rings. The molecule has 0 saturated carbocycles. The van der Waals surface area contributed by atoms with Crippen LogP contribution in [0, 0.1) is 0 Å². The van der Waals surface area contributed by atoms with Crippen molar-refractivity contribution < 1.29 is 5.11 Å². The summed E-state index contributed by atoms with van der Waals surface area (Å²) in [5.41, 5.74) is 5.30. The molecule has 0 amide bonds. The fourth-order valence-corrected chi connectivity index (χ4v) is 0.663. The molecule has 2 unspecified atom stereocenters. The lowest BCUT2D eigenvalue weighted by Gasteiger charge is -2.14. The number of rotatable bonds is 3. The van der Waals surface area contributed by atoms with Crippen LogP contribution in [-0.4, -0.2) is 32.4 Å². The van der Waals surface area contributed by atoms with Crippen molar-refractivity contribution in [2.75, 3.05) is 11.1 Å². The molecule has 12 heavy (non-hydrogen) atoms. The van der Waals surface area contributed by atoms with Crippen molar-refractivity contribution >= 4 is 11.9 Å². The molecule has 1 aromatic heterocycles. The molecular weight excluding hydrogens is 158 g/mol. The van der Waals surface area contributed by atoms with Gasteiger partial charge in [-0.1, -0.05) is 0 Å². The van der Waals surface area contributed by atoms with Crippen LogP contribution in [0.5, 0.6) is 0 Å². The minimum absolute atomic E-state index is 0.0970. The fourth-order valence-electron chi connectivity index (χ4n) is 0.663. The maximum Gasteiger partial charge on any atom is 0.243 e. The number of nitrogens with one attached hydrogen (secondary N) is 2. The third kappa shape index (κ3) is 2.09. The number of hydrogen-bond acceptors (Lipinski definition) is 5. The molecule has 1 rings (SSSR count). The van der Waals surface area contributed by atoms with Crippen LogP contribution in [0.2, 0.25) is 0 Å². The summed E-state index contributed by atoms with van der Waals surface area (Å²) < 4.78 is 0. The SMILES string of the molecule is CC(O)C(C)Nc1n[nH]c(N)n1. The predicted molar refractivity (Wildman–Crippen MR) is 45.6 cm³/mol. The van der Waals surface area contributed by atoms with E-state index in [0.717, 1.165) is 0 Å². The number of nitrogen functional groups attached to an aromatic ring is 1. The monoisotopic (exact) mass is 171 g/mol. The van der Waals surface area contributed by atoms with Gasteiger partial charge in [-0.15, -0.1) is 5.10 Å². The summed E-state index contributed by atoms with van der Waals surface area (Å²) in [5, 5.41) is 18.2. The van der Waals surface area contributed by atoms with Gasteiger partial charge in [0.25, 0.3) is 0 Å². The second kappa shape index (κ2) is 3.40. The topological polar surface area (TPSA) is 99.8 Å². The lowest BCUT2D eigenvalue weighted by Crippen LogP contribution is -2.28. The summed E-state index contributed by atoms with van der Waals surface area (Å²) in [7, 11) is 0. The van der Waals surface area contributed by atoms with Crippen LogP contribution in [0.1, 0.15) is 13.8 Å². The van der Waals surface area contributed by atoms with Gasteiger partial charge in [0, 0.05) is 0 Å². The van der Waals surface area contributed by atoms with Gasteiger partial charge in [0.05, 0.1) is 12.1 Å². The molecule has 1 heterocycles. The number of aliphatic hydroxyl groups excluding tert-OH is 1. The first-order valence-electron chi connectivity index (χ1n) is 3.72. The fraction of sp³-hybridized carbons (Fsp3) is 0.667. The van der Waals surface area contributed by atoms with Crippen LogP contribution in [0.4, 0.5) is 11.9 Å². The molecule has 0 aromatic carbocycles. The molecule has 0 saturated heterocycles. The highest BCUT2D eigenvalue weighted by Crippen LogP contribution is 2.03. The zero-order valence-electron chi connectivity index (χ0n) is 7.07. The van der Waals surface area contributed by atoms with Gasteiger partial charge in [0.1, 0.15) is 0 Å². The molecule has 68 valence electrons. The summed E-state index contributed by atoms with van der Waals surface area (Å²) in [6.07, 6.45) is -0.454. The Labute approximate surface area is 70.2 Å². The van der Waals surface area contributed by atoms with E-state index in [1.807, 2.05) is 6.92 Å². The largest absolute Gasteiger partial charge is 0.391 e. The Hall–Kier alpha value is -1.30. The zero-order valence-corrected chi connectivity index (χ0v) is 7.07. The average Bonchev–Trinajstić information content (AvgIpc) is 2.35. The Balaban J connectivity index is 2.52. The van der Waals surface area contributed by atoms with E-state index >= 15 is 0 Å². The maximum absolute atomic E-state index is 9.13. The Morgan fingerprint density at radius 2 is 2.25 bits per heavy atom. The number of aromatic nitrogens is 3. The van der Waals surface area contributed by atoms with E-state index in [4.69, 9.17) is 10.8 Å². The van der Waals surface area contributed by atoms with E-state index in [2.05, 4.69) is 20.5 Å². The zero-order chi connectivity index (χ0) is 9.14. The van der Waals surface area contributed by atoms with Gasteiger partial charge in [-0.05, 0) is 13.8 Å². The number of aliphatic hydroxyl groups is 1. The molecule has 1 aromatic rings. The normalized spacial score (nSPS) is 15.6. The molecule has 0 aliphatic carbocycles. The van der Waals surface area contributed by atoms with Gasteiger partial charge in [-0.2, -0.15) is 4.98 Å². The Bertz CT molecular complexity index is 246. The lowest BCUT2D eigenvalue weighted by atomic mass is 10.2. The average molecular weight is 171 g/mol. The van der Waals surface area contributed by atoms with Crippen molar-refractivity contribution in [2.24, 2.45) is 0 Å². The third-order valence-corrected chi connectivity index (χ3v) is 1.58. The van der Waals surface area contributed by atoms with Crippen LogP contribution in [-0.2, 0) is 0 Å². The number of nitrogens with two attached hydrogens (primary N) is 1. The number of hydrogen-bond donors (Lipinski definition) is 4. The van der Waals surface area contributed by atoms with E-state index < -0.39 is 6.10 Å². The van der Waals surface area contributed by atoms with Crippen molar-refractivity contribution in [1.29, 1.82) is 0 Å². The summed E-state index contributed by atoms with van der Waals surface area (Å²) in [5.74, 6) is 0.663. The second-order valence-electron chi connectivity index (χ2n) is 2.72. The standard InChI is InChI=1S/C6H13N5O/c1-3(4(2)12)8-6-9-5(7)10-11-6/h3-4,12H,1-2H3,(H4,7,8,9,10,11). The smallest absolute Gasteiger partial charge is 0.243 e. The van der Waals surface area contributed by atoms with Gasteiger partial charge in [-0.25, -0.2) is 5.10 Å². The number of H-pyrrole nitrogens is 1. The molecule has 0 spiro atoms. The molecule has 6 nitrogen and oxygen atoms in total. The van der Waals surface area contributed by atoms with E-state index in [1.54, 1.807) is 6.92 Å². The van der Waals surface area contributed by atoms with Crippen LogP contribution in [0.25, 0.3) is 0 Å². The first-order valence-corrected chi connectivity index (χ1v) is 3.72. The van der Waals surface area contributed by atoms with Crippen molar-refractivity contribution in [2.45, 2.75) is 26.0 Å². The van der Waals surface area contributed by atoms with Crippen LogP contribution < -0.4 is 11.1 Å². The maximum atomic E-state index is 9.13. The molecule has 0 bridgehead atoms. The van der Waals surface area contributed by atoms with E-state index in [9.17, 15) is 0 Å². The highest BCUT2D eigenvalue weighted by Gasteiger charge is 2.10. The third-order valence-electron chi connectivity index (χ3n) is 1.58. The molecule has 5 N–H and O–H groups in total. The van der Waals surface area contributed by atoms with Gasteiger partial charge >= 0.3 is 0 Å². The van der Waals surface area contributed by atoms with Crippen LogP contribution >= 0.6 is 0 Å². The predicted octanol–water partition coefficient (Wildman–Crippen LogP) is -0.432. The van der Waals surface area contributed by atoms with E-state index in [-0.39, 0.29) is 12.0 Å². The van der Waals surface area contributed by atoms with Crippen molar-refractivity contribution in [1.82, 2.24) is 15.2 Å². The Morgan fingerprint density at radius 1 is 1.58 bits per heavy atom. The Morgan fingerprint density at radius 3 is 2.67 bits per heavy atom. The Kier molecular flexibility index (Phi) is 2.49. The van der Waals surface area contributed by atoms with Gasteiger partial charge in [0.15, 0.2) is 0 Å². The minimum atomic E-state index is -0.454. The number of nitrogens with zero attached hydrogens (tertiary/aromatic N) is 2. The molecule has 0 aliphatic heterocycles. The molecular formula is C6H13N5O. The first kappa shape index (κ1) is 8.79. The number of aromatic amines is 1. The highest BCUT2D eigenvalue weighted by atomic mass is 16.3. The van der Waals surface area contributed by atoms with Crippen molar-refractivity contribution in [3.05, 3.63) is 0 Å². The second-order valence-corrected chi connectivity index (χ2v) is 2.72. The van der Waals surface area contributed by atoms with Gasteiger partial charge in [-0.3, -0.25) is 0 Å². The molecule has 0 fully saturated rings. The summed E-state index contributed by atoms with van der Waals surface area (Å²) in [6.45, 7) is 3.52. The first-order chi connectivity index (χ1) is 5.59. The van der Waals surface area contributed by atoms with Crippen LogP contribution in [0.15, 0.2) is 0 Å². The van der Waals surface area contributed by atoms with Crippen LogP contribution in [0.3, 0.4) is 0 Å². The van der Waals surface area contributed by atoms with E-state index in [0.29, 0.717) is 5.95 Å². The lowest BCUT2D eigenvalue weighted by molar-refractivity contribution is 0.177. The van der Waals surface area contributed by atoms with E-state index in [1.165, 1.54) is 0 Å². The summed E-state index contributed by atoms with van der Waals surface area (Å²) in [4.78, 5) is 3.82. The number of anilines is 2. The summed E-state index contributed by atoms with van der Waals surface area (Å²) >= 11 is 0. The molecule has 0 radical (unpaired) electrons.